The van der Waals surface area contributed by atoms with Crippen molar-refractivity contribution in [1.82, 2.24) is 9.97 Å². The number of nitrogens with zero attached hydrogens (tertiary/aromatic N) is 2. The molecule has 1 N–H and O–H groups in total. The summed E-state index contributed by atoms with van der Waals surface area (Å²) in [4.78, 5) is 18.8. The first kappa shape index (κ1) is 12.4. The number of thioether (sulfide) groups is 1. The fourth-order valence-electron chi connectivity index (χ4n) is 1.96. The van der Waals surface area contributed by atoms with Gasteiger partial charge in [-0.3, -0.25) is 0 Å². The SMILES string of the molecule is O=C(O)c1cnc(CSC2CCCCC2)nc1. The normalized spacial score (nSPS) is 16.9. The van der Waals surface area contributed by atoms with E-state index in [1.807, 2.05) is 11.8 Å². The summed E-state index contributed by atoms with van der Waals surface area (Å²) in [5.74, 6) is 0.534. The van der Waals surface area contributed by atoms with Crippen LogP contribution in [0.4, 0.5) is 0 Å². The van der Waals surface area contributed by atoms with E-state index in [4.69, 9.17) is 5.11 Å². The fourth-order valence-corrected chi connectivity index (χ4v) is 3.16. The number of rotatable bonds is 4. The molecule has 92 valence electrons. The van der Waals surface area contributed by atoms with E-state index in [0.29, 0.717) is 0 Å². The number of carboxylic acid groups (broad SMARTS) is 1. The van der Waals surface area contributed by atoms with Crippen LogP contribution in [-0.4, -0.2) is 26.3 Å². The molecule has 1 aromatic rings. The lowest BCUT2D eigenvalue weighted by Gasteiger charge is -2.20. The predicted molar refractivity (Wildman–Crippen MR) is 67.2 cm³/mol. The third-order valence-corrected chi connectivity index (χ3v) is 4.32. The van der Waals surface area contributed by atoms with Gasteiger partial charge in [0.15, 0.2) is 0 Å². The topological polar surface area (TPSA) is 63.1 Å². The summed E-state index contributed by atoms with van der Waals surface area (Å²) in [6.07, 6.45) is 9.36. The smallest absolute Gasteiger partial charge is 0.338 e. The zero-order chi connectivity index (χ0) is 12.1. The van der Waals surface area contributed by atoms with Crippen LogP contribution in [0.2, 0.25) is 0 Å². The lowest BCUT2D eigenvalue weighted by atomic mass is 10.0. The van der Waals surface area contributed by atoms with E-state index < -0.39 is 5.97 Å². The maximum Gasteiger partial charge on any atom is 0.338 e. The number of hydrogen-bond donors (Lipinski definition) is 1. The Morgan fingerprint density at radius 3 is 2.53 bits per heavy atom. The first-order valence-corrected chi connectivity index (χ1v) is 6.96. The lowest BCUT2D eigenvalue weighted by molar-refractivity contribution is 0.0696. The highest BCUT2D eigenvalue weighted by molar-refractivity contribution is 7.99. The summed E-state index contributed by atoms with van der Waals surface area (Å²) in [6.45, 7) is 0. The summed E-state index contributed by atoms with van der Waals surface area (Å²) < 4.78 is 0. The van der Waals surface area contributed by atoms with Crippen molar-refractivity contribution in [2.24, 2.45) is 0 Å². The van der Waals surface area contributed by atoms with Gasteiger partial charge < -0.3 is 5.11 Å². The molecule has 17 heavy (non-hydrogen) atoms. The van der Waals surface area contributed by atoms with Gasteiger partial charge in [-0.25, -0.2) is 14.8 Å². The zero-order valence-corrected chi connectivity index (χ0v) is 10.4. The van der Waals surface area contributed by atoms with Gasteiger partial charge in [0.05, 0.1) is 11.3 Å². The van der Waals surface area contributed by atoms with E-state index >= 15 is 0 Å². The molecule has 0 unspecified atom stereocenters. The average Bonchev–Trinajstić information content (AvgIpc) is 2.38. The number of hydrogen-bond acceptors (Lipinski definition) is 4. The van der Waals surface area contributed by atoms with Gasteiger partial charge in [-0.05, 0) is 12.8 Å². The number of aromatic nitrogens is 2. The maximum absolute atomic E-state index is 10.6. The Morgan fingerprint density at radius 2 is 1.94 bits per heavy atom. The second-order valence-electron chi connectivity index (χ2n) is 4.26. The van der Waals surface area contributed by atoms with Crippen LogP contribution in [0.25, 0.3) is 0 Å². The van der Waals surface area contributed by atoms with Crippen LogP contribution in [0.3, 0.4) is 0 Å². The summed E-state index contributed by atoms with van der Waals surface area (Å²) in [7, 11) is 0. The number of carboxylic acids is 1. The molecule has 5 heteroatoms. The van der Waals surface area contributed by atoms with Crippen molar-refractivity contribution in [2.75, 3.05) is 0 Å². The minimum Gasteiger partial charge on any atom is -0.478 e. The van der Waals surface area contributed by atoms with Crippen molar-refractivity contribution in [3.05, 3.63) is 23.8 Å². The van der Waals surface area contributed by atoms with Crippen molar-refractivity contribution in [3.8, 4) is 0 Å². The standard InChI is InChI=1S/C12H16N2O2S/c15-12(16)9-6-13-11(14-7-9)8-17-10-4-2-1-3-5-10/h6-7,10H,1-5,8H2,(H,15,16). The third-order valence-electron chi connectivity index (χ3n) is 2.95. The maximum atomic E-state index is 10.6. The van der Waals surface area contributed by atoms with E-state index in [1.165, 1.54) is 44.5 Å². The molecule has 1 saturated carbocycles. The summed E-state index contributed by atoms with van der Waals surface area (Å²) in [5.41, 5.74) is 0.149. The quantitative estimate of drug-likeness (QED) is 0.892. The zero-order valence-electron chi connectivity index (χ0n) is 9.63. The molecule has 0 saturated heterocycles. The van der Waals surface area contributed by atoms with Crippen molar-refractivity contribution >= 4 is 17.7 Å². The van der Waals surface area contributed by atoms with E-state index in [1.54, 1.807) is 0 Å². The highest BCUT2D eigenvalue weighted by Gasteiger charge is 2.14. The molecule has 0 atom stereocenters. The van der Waals surface area contributed by atoms with E-state index in [0.717, 1.165) is 16.8 Å². The van der Waals surface area contributed by atoms with Crippen LogP contribution in [0.1, 0.15) is 48.3 Å². The Hall–Kier alpha value is -1.10. The average molecular weight is 252 g/mol. The minimum atomic E-state index is -0.975. The Kier molecular flexibility index (Phi) is 4.36. The molecule has 0 amide bonds. The summed E-state index contributed by atoms with van der Waals surface area (Å²) in [6, 6.07) is 0. The van der Waals surface area contributed by atoms with Gasteiger partial charge in [0.25, 0.3) is 0 Å². The predicted octanol–water partition coefficient (Wildman–Crippen LogP) is 2.74. The van der Waals surface area contributed by atoms with Crippen molar-refractivity contribution in [3.63, 3.8) is 0 Å². The first-order chi connectivity index (χ1) is 8.25. The van der Waals surface area contributed by atoms with Crippen LogP contribution in [0.15, 0.2) is 12.4 Å². The molecular weight excluding hydrogens is 236 g/mol. The molecule has 1 fully saturated rings. The largest absolute Gasteiger partial charge is 0.478 e. The Morgan fingerprint density at radius 1 is 1.29 bits per heavy atom. The molecule has 2 rings (SSSR count). The molecule has 0 radical (unpaired) electrons. The second kappa shape index (κ2) is 6.00. The monoisotopic (exact) mass is 252 g/mol. The molecule has 0 spiro atoms. The first-order valence-electron chi connectivity index (χ1n) is 5.91. The van der Waals surface area contributed by atoms with Crippen LogP contribution in [-0.2, 0) is 5.75 Å². The lowest BCUT2D eigenvalue weighted by Crippen LogP contribution is -2.09. The molecule has 1 aliphatic rings. The van der Waals surface area contributed by atoms with Gasteiger partial charge in [0.2, 0.25) is 0 Å². The Bertz CT molecular complexity index is 375. The van der Waals surface area contributed by atoms with Gasteiger partial charge in [0, 0.05) is 17.6 Å². The van der Waals surface area contributed by atoms with Crippen molar-refractivity contribution in [2.45, 2.75) is 43.1 Å². The molecule has 1 aliphatic carbocycles. The number of carbonyl (C=O) groups is 1. The van der Waals surface area contributed by atoms with E-state index in [2.05, 4.69) is 9.97 Å². The Labute approximate surface area is 105 Å². The van der Waals surface area contributed by atoms with E-state index in [-0.39, 0.29) is 5.56 Å². The molecular formula is C12H16N2O2S. The summed E-state index contributed by atoms with van der Waals surface area (Å²) in [5, 5.41) is 9.45. The van der Waals surface area contributed by atoms with Crippen LogP contribution >= 0.6 is 11.8 Å². The Balaban J connectivity index is 1.84. The van der Waals surface area contributed by atoms with Crippen molar-refractivity contribution < 1.29 is 9.90 Å². The van der Waals surface area contributed by atoms with Crippen LogP contribution in [0.5, 0.6) is 0 Å². The van der Waals surface area contributed by atoms with Crippen molar-refractivity contribution in [1.29, 1.82) is 0 Å². The molecule has 1 heterocycles. The highest BCUT2D eigenvalue weighted by atomic mass is 32.2. The third kappa shape index (κ3) is 3.70. The van der Waals surface area contributed by atoms with Gasteiger partial charge in [0.1, 0.15) is 5.82 Å². The molecule has 0 aromatic carbocycles. The molecule has 1 aromatic heterocycles. The molecule has 0 aliphatic heterocycles. The summed E-state index contributed by atoms with van der Waals surface area (Å²) >= 11 is 1.89. The van der Waals surface area contributed by atoms with Gasteiger partial charge in [-0.1, -0.05) is 19.3 Å². The second-order valence-corrected chi connectivity index (χ2v) is 5.55. The van der Waals surface area contributed by atoms with Gasteiger partial charge >= 0.3 is 5.97 Å². The van der Waals surface area contributed by atoms with Crippen LogP contribution in [0, 0.1) is 0 Å². The highest BCUT2D eigenvalue weighted by Crippen LogP contribution is 2.29. The van der Waals surface area contributed by atoms with Gasteiger partial charge in [-0.15, -0.1) is 0 Å². The molecule has 4 nitrogen and oxygen atoms in total. The van der Waals surface area contributed by atoms with Gasteiger partial charge in [-0.2, -0.15) is 11.8 Å². The number of aromatic carboxylic acids is 1. The van der Waals surface area contributed by atoms with Crippen LogP contribution < -0.4 is 0 Å². The molecule has 0 bridgehead atoms. The minimum absolute atomic E-state index is 0.149. The fraction of sp³-hybridized carbons (Fsp3) is 0.583. The van der Waals surface area contributed by atoms with E-state index in [9.17, 15) is 4.79 Å².